The van der Waals surface area contributed by atoms with Gasteiger partial charge in [0.15, 0.2) is 11.5 Å². The Kier molecular flexibility index (Phi) is 7.61. The number of alkyl halides is 1. The minimum atomic E-state index is -1.38. The Morgan fingerprint density at radius 3 is 2.77 bits per heavy atom. The first-order valence-electron chi connectivity index (χ1n) is 12.8. The van der Waals surface area contributed by atoms with E-state index < -0.39 is 35.9 Å². The lowest BCUT2D eigenvalue weighted by atomic mass is 9.95. The molecule has 2 aliphatic rings. The molecular formula is C28H30ClFN4O6. The summed E-state index contributed by atoms with van der Waals surface area (Å²) >= 11 is 6.54. The number of aromatic hydroxyl groups is 1. The van der Waals surface area contributed by atoms with Gasteiger partial charge in [0.05, 0.1) is 23.7 Å². The molecule has 1 fully saturated rings. The highest BCUT2D eigenvalue weighted by molar-refractivity contribution is 6.35. The number of nitrogens with zero attached hydrogens (tertiary/aromatic N) is 2. The molecule has 0 saturated carbocycles. The number of benzene rings is 2. The van der Waals surface area contributed by atoms with E-state index in [-0.39, 0.29) is 32.2 Å². The molecule has 3 atom stereocenters. The summed E-state index contributed by atoms with van der Waals surface area (Å²) in [5.74, 6) is 0.502. The maximum Gasteiger partial charge on any atom is 0.408 e. The average molecular weight is 573 g/mol. The molecular weight excluding hydrogens is 543 g/mol. The number of phenolic OH excluding ortho intramolecular Hbond substituents is 1. The van der Waals surface area contributed by atoms with Gasteiger partial charge in [-0.25, -0.2) is 9.18 Å². The summed E-state index contributed by atoms with van der Waals surface area (Å²) in [4.78, 5) is 31.3. The van der Waals surface area contributed by atoms with Gasteiger partial charge < -0.3 is 30.0 Å². The normalized spacial score (nSPS) is 19.4. The van der Waals surface area contributed by atoms with Crippen LogP contribution in [0.25, 0.3) is 10.9 Å². The molecule has 0 bridgehead atoms. The Hall–Kier alpha value is -3.83. The fourth-order valence-corrected chi connectivity index (χ4v) is 5.10. The molecule has 1 unspecified atom stereocenters. The first-order valence-corrected chi connectivity index (χ1v) is 13.2. The van der Waals surface area contributed by atoms with E-state index in [1.807, 2.05) is 0 Å². The second kappa shape index (κ2) is 11.0. The first-order chi connectivity index (χ1) is 19.0. The van der Waals surface area contributed by atoms with Gasteiger partial charge in [-0.1, -0.05) is 17.7 Å². The Morgan fingerprint density at radius 2 is 2.00 bits per heavy atom. The van der Waals surface area contributed by atoms with Crippen LogP contribution in [-0.4, -0.2) is 71.2 Å². The Balaban J connectivity index is 1.37. The molecule has 212 valence electrons. The standard InChI is InChI=1S/C28H30ClFN4O6/c1-28(2,3)40-27(37)32-20-12-34(11-19(20)30)13-23(35)33-24(15-6-7-21-22(9-15)39-14-38-21)17-10-18(29)16-5-4-8-31-25(16)26(17)36/h4-10,19-20,24,36H,11-14H2,1-3H3,(H,32,37)(H,33,35)/t19-,20+,24?/m1/s1. The zero-order chi connectivity index (χ0) is 28.6. The van der Waals surface area contributed by atoms with Gasteiger partial charge in [0.1, 0.15) is 23.0 Å². The molecule has 3 aromatic rings. The second-order valence-electron chi connectivity index (χ2n) is 10.8. The highest BCUT2D eigenvalue weighted by Crippen LogP contribution is 2.41. The average Bonchev–Trinajstić information content (AvgIpc) is 3.49. The predicted molar refractivity (Wildman–Crippen MR) is 145 cm³/mol. The predicted octanol–water partition coefficient (Wildman–Crippen LogP) is 4.08. The van der Waals surface area contributed by atoms with Crippen LogP contribution in [0.1, 0.15) is 37.9 Å². The molecule has 0 spiro atoms. The van der Waals surface area contributed by atoms with Crippen molar-refractivity contribution in [2.24, 2.45) is 0 Å². The molecule has 2 aromatic carbocycles. The van der Waals surface area contributed by atoms with Crippen LogP contribution in [0.3, 0.4) is 0 Å². The maximum atomic E-state index is 14.7. The van der Waals surface area contributed by atoms with E-state index >= 15 is 0 Å². The molecule has 0 radical (unpaired) electrons. The van der Waals surface area contributed by atoms with Crippen molar-refractivity contribution in [3.63, 3.8) is 0 Å². The maximum absolute atomic E-state index is 14.7. The summed E-state index contributed by atoms with van der Waals surface area (Å²) in [6.45, 7) is 5.17. The number of hydrogen-bond acceptors (Lipinski definition) is 8. The number of carbonyl (C=O) groups is 2. The van der Waals surface area contributed by atoms with Crippen LogP contribution >= 0.6 is 11.6 Å². The zero-order valence-electron chi connectivity index (χ0n) is 22.2. The Bertz CT molecular complexity index is 1450. The third kappa shape index (κ3) is 6.00. The van der Waals surface area contributed by atoms with Crippen molar-refractivity contribution in [3.05, 3.63) is 58.7 Å². The largest absolute Gasteiger partial charge is 0.505 e. The minimum absolute atomic E-state index is 0.0421. The zero-order valence-corrected chi connectivity index (χ0v) is 23.0. The number of rotatable bonds is 6. The van der Waals surface area contributed by atoms with Crippen LogP contribution in [0.5, 0.6) is 17.2 Å². The fraction of sp³-hybridized carbons (Fsp3) is 0.393. The number of aromatic nitrogens is 1. The van der Waals surface area contributed by atoms with Crippen molar-refractivity contribution in [1.82, 2.24) is 20.5 Å². The number of halogens is 2. The molecule has 2 aliphatic heterocycles. The monoisotopic (exact) mass is 572 g/mol. The summed E-state index contributed by atoms with van der Waals surface area (Å²) in [6.07, 6.45) is -0.551. The molecule has 3 N–H and O–H groups in total. The molecule has 0 aliphatic carbocycles. The summed E-state index contributed by atoms with van der Waals surface area (Å²) in [6, 6.07) is 8.57. The molecule has 40 heavy (non-hydrogen) atoms. The topological polar surface area (TPSA) is 122 Å². The number of likely N-dealkylation sites (tertiary alicyclic amines) is 1. The van der Waals surface area contributed by atoms with Crippen molar-refractivity contribution in [1.29, 1.82) is 0 Å². The second-order valence-corrected chi connectivity index (χ2v) is 11.2. The van der Waals surface area contributed by atoms with Crippen molar-refractivity contribution >= 4 is 34.5 Å². The molecule has 1 aromatic heterocycles. The molecule has 1 saturated heterocycles. The van der Waals surface area contributed by atoms with Gasteiger partial charge in [0.25, 0.3) is 0 Å². The van der Waals surface area contributed by atoms with Gasteiger partial charge in [-0.3, -0.25) is 14.7 Å². The van der Waals surface area contributed by atoms with Gasteiger partial charge in [0.2, 0.25) is 12.7 Å². The van der Waals surface area contributed by atoms with E-state index in [9.17, 15) is 19.1 Å². The van der Waals surface area contributed by atoms with Crippen LogP contribution < -0.4 is 20.1 Å². The van der Waals surface area contributed by atoms with E-state index in [1.165, 1.54) is 0 Å². The van der Waals surface area contributed by atoms with Gasteiger partial charge in [0, 0.05) is 30.2 Å². The molecule has 5 rings (SSSR count). The van der Waals surface area contributed by atoms with Crippen molar-refractivity contribution in [2.75, 3.05) is 26.4 Å². The molecule has 12 heteroatoms. The van der Waals surface area contributed by atoms with E-state index in [4.69, 9.17) is 25.8 Å². The van der Waals surface area contributed by atoms with Gasteiger partial charge in [-0.05, 0) is 56.7 Å². The van der Waals surface area contributed by atoms with Crippen molar-refractivity contribution in [2.45, 2.75) is 44.6 Å². The minimum Gasteiger partial charge on any atom is -0.505 e. The highest BCUT2D eigenvalue weighted by Gasteiger charge is 2.36. The third-order valence-corrected chi connectivity index (χ3v) is 6.90. The fourth-order valence-electron chi connectivity index (χ4n) is 4.83. The van der Waals surface area contributed by atoms with Crippen LogP contribution in [0, 0.1) is 0 Å². The smallest absolute Gasteiger partial charge is 0.408 e. The van der Waals surface area contributed by atoms with Crippen molar-refractivity contribution in [3.8, 4) is 17.2 Å². The van der Waals surface area contributed by atoms with E-state index in [0.717, 1.165) is 0 Å². The SMILES string of the molecule is CC(C)(C)OC(=O)N[C@H]1CN(CC(=O)NC(c2ccc3c(c2)OCO3)c2cc(Cl)c3cccnc3c2O)C[C@H]1F. The summed E-state index contributed by atoms with van der Waals surface area (Å²) in [5.41, 5.74) is 0.511. The molecule has 3 heterocycles. The number of alkyl carbamates (subject to hydrolysis) is 1. The number of fused-ring (bicyclic) bond motifs is 2. The first kappa shape index (κ1) is 27.7. The summed E-state index contributed by atoms with van der Waals surface area (Å²) < 4.78 is 30.9. The van der Waals surface area contributed by atoms with Gasteiger partial charge in [-0.15, -0.1) is 0 Å². The van der Waals surface area contributed by atoms with E-state index in [2.05, 4.69) is 15.6 Å². The molecule has 2 amide bonds. The van der Waals surface area contributed by atoms with Gasteiger partial charge >= 0.3 is 6.09 Å². The molecule has 10 nitrogen and oxygen atoms in total. The number of phenols is 1. The van der Waals surface area contributed by atoms with Crippen LogP contribution in [0.2, 0.25) is 5.02 Å². The van der Waals surface area contributed by atoms with E-state index in [1.54, 1.807) is 68.3 Å². The number of ether oxygens (including phenoxy) is 3. The number of carbonyl (C=O) groups excluding carboxylic acids is 2. The lowest BCUT2D eigenvalue weighted by Crippen LogP contribution is -2.44. The number of nitrogens with one attached hydrogen (secondary N) is 2. The number of hydrogen-bond donors (Lipinski definition) is 3. The lowest BCUT2D eigenvalue weighted by molar-refractivity contribution is -0.122. The summed E-state index contributed by atoms with van der Waals surface area (Å²) in [7, 11) is 0. The van der Waals surface area contributed by atoms with Crippen LogP contribution in [0.15, 0.2) is 42.6 Å². The summed E-state index contributed by atoms with van der Waals surface area (Å²) in [5, 5.41) is 17.6. The van der Waals surface area contributed by atoms with Crippen molar-refractivity contribution < 1.29 is 33.3 Å². The number of amides is 2. The van der Waals surface area contributed by atoms with Gasteiger partial charge in [-0.2, -0.15) is 0 Å². The Morgan fingerprint density at radius 1 is 1.23 bits per heavy atom. The van der Waals surface area contributed by atoms with Crippen LogP contribution in [0.4, 0.5) is 9.18 Å². The van der Waals surface area contributed by atoms with E-state index in [0.29, 0.717) is 38.6 Å². The lowest BCUT2D eigenvalue weighted by Gasteiger charge is -2.24. The Labute approximate surface area is 235 Å². The number of pyridine rings is 1. The quantitative estimate of drug-likeness (QED) is 0.404. The third-order valence-electron chi connectivity index (χ3n) is 6.58. The highest BCUT2D eigenvalue weighted by atomic mass is 35.5. The van der Waals surface area contributed by atoms with Crippen LogP contribution in [-0.2, 0) is 9.53 Å².